The normalized spacial score (nSPS) is 14.3. The fourth-order valence-electron chi connectivity index (χ4n) is 5.34. The topological polar surface area (TPSA) is 76.9 Å². The van der Waals surface area contributed by atoms with Gasteiger partial charge in [0, 0.05) is 49.9 Å². The summed E-state index contributed by atoms with van der Waals surface area (Å²) >= 11 is 0. The molecule has 0 N–H and O–H groups in total. The Labute approximate surface area is 240 Å². The van der Waals surface area contributed by atoms with Gasteiger partial charge < -0.3 is 14.4 Å². The van der Waals surface area contributed by atoms with Crippen molar-refractivity contribution in [1.82, 2.24) is 14.7 Å². The van der Waals surface area contributed by atoms with E-state index < -0.39 is 9.84 Å². The molecule has 0 unspecified atom stereocenters. The molecule has 2 heterocycles. The number of nitrogens with zero attached hydrogens (tertiary/aromatic N) is 4. The van der Waals surface area contributed by atoms with Gasteiger partial charge >= 0.3 is 0 Å². The van der Waals surface area contributed by atoms with E-state index >= 15 is 0 Å². The summed E-state index contributed by atoms with van der Waals surface area (Å²) in [6.45, 7) is 4.47. The molecule has 6 rings (SSSR count). The number of hydrogen-bond acceptors (Lipinski definition) is 7. The quantitative estimate of drug-likeness (QED) is 0.255. The van der Waals surface area contributed by atoms with Crippen molar-refractivity contribution in [3.63, 3.8) is 0 Å². The Morgan fingerprint density at radius 1 is 0.732 bits per heavy atom. The van der Waals surface area contributed by atoms with E-state index in [1.54, 1.807) is 61.4 Å². The highest BCUT2D eigenvalue weighted by Gasteiger charge is 2.27. The zero-order valence-electron chi connectivity index (χ0n) is 23.1. The standard InChI is InChI=1S/C32H32N4O4S/c1-39-30-16-14-26(22-31(30)40-2)36-29-15-13-25(35-19-17-34(18-20-35)23-24-9-5-3-6-10-24)21-28(29)32(33-36)41(37,38)27-11-7-4-8-12-27/h3-16,21-22H,17-20,23H2,1-2H3. The number of anilines is 1. The summed E-state index contributed by atoms with van der Waals surface area (Å²) in [6, 6.07) is 30.3. The molecular formula is C32H32N4O4S. The van der Waals surface area contributed by atoms with Gasteiger partial charge in [0.15, 0.2) is 16.5 Å². The lowest BCUT2D eigenvalue weighted by molar-refractivity contribution is 0.250. The molecule has 9 heteroatoms. The molecule has 1 saturated heterocycles. The summed E-state index contributed by atoms with van der Waals surface area (Å²) in [5.74, 6) is 1.12. The van der Waals surface area contributed by atoms with Crippen LogP contribution >= 0.6 is 0 Å². The van der Waals surface area contributed by atoms with Gasteiger partial charge in [0.25, 0.3) is 0 Å². The summed E-state index contributed by atoms with van der Waals surface area (Å²) in [5, 5.41) is 5.29. The van der Waals surface area contributed by atoms with Crippen molar-refractivity contribution >= 4 is 26.4 Å². The number of piperazine rings is 1. The molecule has 0 radical (unpaired) electrons. The maximum Gasteiger partial charge on any atom is 0.226 e. The number of benzene rings is 4. The number of hydrogen-bond donors (Lipinski definition) is 0. The van der Waals surface area contributed by atoms with Gasteiger partial charge in [-0.2, -0.15) is 5.10 Å². The molecule has 1 aliphatic heterocycles. The van der Waals surface area contributed by atoms with E-state index in [1.807, 2.05) is 30.3 Å². The third-order valence-electron chi connectivity index (χ3n) is 7.54. The number of methoxy groups -OCH3 is 2. The maximum absolute atomic E-state index is 13.9. The van der Waals surface area contributed by atoms with Crippen LogP contribution in [0.5, 0.6) is 11.5 Å². The highest BCUT2D eigenvalue weighted by molar-refractivity contribution is 7.91. The molecule has 4 aromatic carbocycles. The lowest BCUT2D eigenvalue weighted by Crippen LogP contribution is -2.45. The lowest BCUT2D eigenvalue weighted by Gasteiger charge is -2.36. The molecule has 5 aromatic rings. The van der Waals surface area contributed by atoms with Gasteiger partial charge in [-0.3, -0.25) is 4.90 Å². The van der Waals surface area contributed by atoms with E-state index in [1.165, 1.54) is 5.56 Å². The molecule has 0 aliphatic carbocycles. The van der Waals surface area contributed by atoms with Crippen LogP contribution in [0.15, 0.2) is 107 Å². The SMILES string of the molecule is COc1ccc(-n2nc(S(=O)(=O)c3ccccc3)c3cc(N4CCN(Cc5ccccc5)CC4)ccc32)cc1OC. The summed E-state index contributed by atoms with van der Waals surface area (Å²) in [6.07, 6.45) is 0. The first kappa shape index (κ1) is 26.9. The number of sulfone groups is 1. The molecule has 1 fully saturated rings. The van der Waals surface area contributed by atoms with Crippen LogP contribution in [0.3, 0.4) is 0 Å². The Hall–Kier alpha value is -4.34. The molecule has 0 amide bonds. The summed E-state index contributed by atoms with van der Waals surface area (Å²) in [4.78, 5) is 4.97. The Morgan fingerprint density at radius 2 is 1.39 bits per heavy atom. The summed E-state index contributed by atoms with van der Waals surface area (Å²) in [7, 11) is -0.740. The molecule has 0 spiro atoms. The van der Waals surface area contributed by atoms with Crippen molar-refractivity contribution in [3.05, 3.63) is 103 Å². The third kappa shape index (κ3) is 5.26. The van der Waals surface area contributed by atoms with E-state index in [0.29, 0.717) is 28.1 Å². The van der Waals surface area contributed by atoms with Crippen molar-refractivity contribution in [1.29, 1.82) is 0 Å². The van der Waals surface area contributed by atoms with E-state index in [-0.39, 0.29) is 9.92 Å². The van der Waals surface area contributed by atoms with Gasteiger partial charge in [0.1, 0.15) is 0 Å². The van der Waals surface area contributed by atoms with Crippen molar-refractivity contribution in [2.45, 2.75) is 16.5 Å². The largest absolute Gasteiger partial charge is 0.493 e. The molecule has 0 bridgehead atoms. The first-order valence-electron chi connectivity index (χ1n) is 13.5. The average Bonchev–Trinajstić information content (AvgIpc) is 3.42. The number of rotatable bonds is 8. The number of aromatic nitrogens is 2. The zero-order valence-corrected chi connectivity index (χ0v) is 23.9. The minimum atomic E-state index is -3.89. The first-order valence-corrected chi connectivity index (χ1v) is 15.0. The van der Waals surface area contributed by atoms with Gasteiger partial charge in [0.05, 0.1) is 30.3 Å². The predicted octanol–water partition coefficient (Wildman–Crippen LogP) is 5.20. The van der Waals surface area contributed by atoms with Crippen LogP contribution < -0.4 is 14.4 Å². The van der Waals surface area contributed by atoms with E-state index in [2.05, 4.69) is 39.2 Å². The first-order chi connectivity index (χ1) is 20.0. The summed E-state index contributed by atoms with van der Waals surface area (Å²) in [5.41, 5.74) is 3.65. The fraction of sp³-hybridized carbons (Fsp3) is 0.219. The van der Waals surface area contributed by atoms with Crippen molar-refractivity contribution in [2.24, 2.45) is 0 Å². The molecular weight excluding hydrogens is 536 g/mol. The minimum absolute atomic E-state index is 0.0260. The van der Waals surface area contributed by atoms with Crippen molar-refractivity contribution < 1.29 is 17.9 Å². The molecule has 1 aliphatic rings. The van der Waals surface area contributed by atoms with E-state index in [9.17, 15) is 8.42 Å². The maximum atomic E-state index is 13.9. The van der Waals surface area contributed by atoms with Crippen LogP contribution in [0, 0.1) is 0 Å². The smallest absolute Gasteiger partial charge is 0.226 e. The third-order valence-corrected chi connectivity index (χ3v) is 9.24. The van der Waals surface area contributed by atoms with Crippen LogP contribution in [-0.4, -0.2) is 63.5 Å². The Kier molecular flexibility index (Phi) is 7.38. The monoisotopic (exact) mass is 568 g/mol. The highest BCUT2D eigenvalue weighted by Crippen LogP contribution is 2.35. The second-order valence-electron chi connectivity index (χ2n) is 10.0. The van der Waals surface area contributed by atoms with Gasteiger partial charge in [-0.1, -0.05) is 48.5 Å². The molecule has 0 saturated carbocycles. The Balaban J connectivity index is 1.38. The Morgan fingerprint density at radius 3 is 2.07 bits per heavy atom. The number of ether oxygens (including phenoxy) is 2. The minimum Gasteiger partial charge on any atom is -0.493 e. The second kappa shape index (κ2) is 11.3. The zero-order chi connectivity index (χ0) is 28.4. The van der Waals surface area contributed by atoms with Gasteiger partial charge in [0.2, 0.25) is 9.84 Å². The number of fused-ring (bicyclic) bond motifs is 1. The van der Waals surface area contributed by atoms with Gasteiger partial charge in [-0.25, -0.2) is 13.1 Å². The Bertz CT molecular complexity index is 1760. The molecule has 8 nitrogen and oxygen atoms in total. The van der Waals surface area contributed by atoms with Crippen LogP contribution in [0.25, 0.3) is 16.6 Å². The van der Waals surface area contributed by atoms with Crippen LogP contribution in [0.2, 0.25) is 0 Å². The van der Waals surface area contributed by atoms with E-state index in [0.717, 1.165) is 38.4 Å². The van der Waals surface area contributed by atoms with Crippen molar-refractivity contribution in [3.8, 4) is 17.2 Å². The molecule has 210 valence electrons. The molecule has 1 aromatic heterocycles. The van der Waals surface area contributed by atoms with Crippen LogP contribution in [0.4, 0.5) is 5.69 Å². The fourth-order valence-corrected chi connectivity index (χ4v) is 6.73. The highest BCUT2D eigenvalue weighted by atomic mass is 32.2. The molecule has 41 heavy (non-hydrogen) atoms. The lowest BCUT2D eigenvalue weighted by atomic mass is 10.1. The van der Waals surface area contributed by atoms with Crippen LogP contribution in [-0.2, 0) is 16.4 Å². The van der Waals surface area contributed by atoms with Crippen LogP contribution in [0.1, 0.15) is 5.56 Å². The summed E-state index contributed by atoms with van der Waals surface area (Å²) < 4.78 is 40.3. The average molecular weight is 569 g/mol. The van der Waals surface area contributed by atoms with Crippen molar-refractivity contribution in [2.75, 3.05) is 45.3 Å². The molecule has 0 atom stereocenters. The predicted molar refractivity (Wildman–Crippen MR) is 160 cm³/mol. The second-order valence-corrected chi connectivity index (χ2v) is 11.9. The van der Waals surface area contributed by atoms with Gasteiger partial charge in [-0.15, -0.1) is 0 Å². The van der Waals surface area contributed by atoms with E-state index in [4.69, 9.17) is 9.47 Å². The van der Waals surface area contributed by atoms with Gasteiger partial charge in [-0.05, 0) is 48.0 Å².